The molecule has 1 saturated heterocycles. The van der Waals surface area contributed by atoms with Gasteiger partial charge in [0.2, 0.25) is 0 Å². The first-order valence-electron chi connectivity index (χ1n) is 20.1. The molecule has 0 aromatic carbocycles. The molecule has 0 radical (unpaired) electrons. The van der Waals surface area contributed by atoms with Crippen LogP contribution >= 0.6 is 0 Å². The second-order valence-corrected chi connectivity index (χ2v) is 13.9. The van der Waals surface area contributed by atoms with Crippen LogP contribution in [-0.2, 0) is 0 Å². The molecular weight excluding hydrogens is 520 g/mol. The summed E-state index contributed by atoms with van der Waals surface area (Å²) in [5.74, 6) is 0. The molecule has 1 aliphatic heterocycles. The summed E-state index contributed by atoms with van der Waals surface area (Å²) in [6, 6.07) is 0. The monoisotopic (exact) mass is 601 g/mol. The molecule has 2 heteroatoms. The van der Waals surface area contributed by atoms with Crippen molar-refractivity contribution in [3.05, 3.63) is 24.3 Å². The predicted octanol–water partition coefficient (Wildman–Crippen LogP) is 13.1. The van der Waals surface area contributed by atoms with Crippen molar-refractivity contribution >= 4 is 0 Å². The fourth-order valence-corrected chi connectivity index (χ4v) is 6.61. The largest absolute Gasteiger partial charge is 0.302 e. The van der Waals surface area contributed by atoms with Gasteiger partial charge in [0, 0.05) is 13.1 Å². The fourth-order valence-electron chi connectivity index (χ4n) is 6.61. The molecule has 1 aliphatic rings. The molecule has 1 fully saturated rings. The van der Waals surface area contributed by atoms with Crippen LogP contribution in [0.25, 0.3) is 0 Å². The second kappa shape index (κ2) is 34.3. The Hall–Kier alpha value is -0.600. The van der Waals surface area contributed by atoms with Crippen molar-refractivity contribution in [1.82, 2.24) is 9.80 Å². The van der Waals surface area contributed by atoms with Crippen LogP contribution in [0.3, 0.4) is 0 Å². The quantitative estimate of drug-likeness (QED) is 0.0535. The molecule has 0 aromatic rings. The molecule has 0 aromatic heterocycles. The van der Waals surface area contributed by atoms with Crippen molar-refractivity contribution in [3.8, 4) is 0 Å². The van der Waals surface area contributed by atoms with Gasteiger partial charge in [-0.2, -0.15) is 0 Å². The number of hydrogen-bond acceptors (Lipinski definition) is 2. The average Bonchev–Trinajstić information content (AvgIpc) is 3.55. The van der Waals surface area contributed by atoms with E-state index in [-0.39, 0.29) is 0 Å². The highest BCUT2D eigenvalue weighted by atomic mass is 15.2. The lowest BCUT2D eigenvalue weighted by Crippen LogP contribution is -2.35. The summed E-state index contributed by atoms with van der Waals surface area (Å²) in [5.41, 5.74) is 0. The Morgan fingerprint density at radius 2 is 0.721 bits per heavy atom. The zero-order chi connectivity index (χ0) is 30.7. The van der Waals surface area contributed by atoms with E-state index in [4.69, 9.17) is 0 Å². The molecule has 0 unspecified atom stereocenters. The van der Waals surface area contributed by atoms with E-state index in [2.05, 4.69) is 48.0 Å². The molecule has 2 nitrogen and oxygen atoms in total. The van der Waals surface area contributed by atoms with E-state index in [0.29, 0.717) is 0 Å². The zero-order valence-corrected chi connectivity index (χ0v) is 30.0. The number of likely N-dealkylation sites (tertiary alicyclic amines) is 1. The van der Waals surface area contributed by atoms with Crippen molar-refractivity contribution in [2.45, 2.75) is 200 Å². The first-order valence-corrected chi connectivity index (χ1v) is 20.1. The smallest absolute Gasteiger partial charge is 0.0109 e. The van der Waals surface area contributed by atoms with Crippen LogP contribution in [-0.4, -0.2) is 49.1 Å². The molecule has 0 saturated carbocycles. The Bertz CT molecular complexity index is 576. The number of unbranched alkanes of at least 4 members (excludes halogenated alkanes) is 23. The SMILES string of the molecule is CCCCCCC/C=C\CCCCCCCCN(CCCCCCCC/C=C\CCCCCCCC)CCN1CCCC1. The lowest BCUT2D eigenvalue weighted by Gasteiger charge is -2.25. The molecule has 43 heavy (non-hydrogen) atoms. The van der Waals surface area contributed by atoms with Crippen molar-refractivity contribution < 1.29 is 0 Å². The maximum atomic E-state index is 2.82. The van der Waals surface area contributed by atoms with Crippen LogP contribution in [0.5, 0.6) is 0 Å². The van der Waals surface area contributed by atoms with E-state index >= 15 is 0 Å². The summed E-state index contributed by atoms with van der Waals surface area (Å²) in [6.45, 7) is 12.6. The van der Waals surface area contributed by atoms with Gasteiger partial charge >= 0.3 is 0 Å². The van der Waals surface area contributed by atoms with Gasteiger partial charge in [-0.15, -0.1) is 0 Å². The fraction of sp³-hybridized carbons (Fsp3) is 0.902. The molecule has 0 N–H and O–H groups in total. The highest BCUT2D eigenvalue weighted by Crippen LogP contribution is 2.13. The van der Waals surface area contributed by atoms with Crippen molar-refractivity contribution in [2.75, 3.05) is 39.3 Å². The first-order chi connectivity index (χ1) is 21.4. The van der Waals surface area contributed by atoms with Crippen LogP contribution in [0.2, 0.25) is 0 Å². The van der Waals surface area contributed by atoms with Crippen LogP contribution in [0.15, 0.2) is 24.3 Å². The highest BCUT2D eigenvalue weighted by Gasteiger charge is 2.13. The summed E-state index contributed by atoms with van der Waals surface area (Å²) >= 11 is 0. The Morgan fingerprint density at radius 3 is 1.09 bits per heavy atom. The maximum Gasteiger partial charge on any atom is 0.0109 e. The van der Waals surface area contributed by atoms with Gasteiger partial charge in [-0.05, 0) is 103 Å². The molecule has 0 atom stereocenters. The standard InChI is InChI=1S/C41H80N2/c1-3-5-7-9-11-13-15-17-19-21-23-25-27-29-31-33-37-42(40-41-43-38-34-35-39-43)36-32-30-28-26-24-22-20-18-16-14-12-10-8-6-4-2/h16-19H,3-15,20-41H2,1-2H3/b18-16-,19-17-. The van der Waals surface area contributed by atoms with Crippen LogP contribution < -0.4 is 0 Å². The number of allylic oxidation sites excluding steroid dienone is 4. The van der Waals surface area contributed by atoms with E-state index in [0.717, 1.165) is 0 Å². The molecule has 0 bridgehead atoms. The number of rotatable bonds is 34. The van der Waals surface area contributed by atoms with Gasteiger partial charge in [0.15, 0.2) is 0 Å². The van der Waals surface area contributed by atoms with E-state index in [9.17, 15) is 0 Å². The third kappa shape index (κ3) is 29.9. The Kier molecular flexibility index (Phi) is 32.2. The molecular formula is C41H80N2. The topological polar surface area (TPSA) is 6.48 Å². The van der Waals surface area contributed by atoms with Gasteiger partial charge < -0.3 is 9.80 Å². The Morgan fingerprint density at radius 1 is 0.395 bits per heavy atom. The normalized spacial score (nSPS) is 14.4. The lowest BCUT2D eigenvalue weighted by atomic mass is 10.1. The lowest BCUT2D eigenvalue weighted by molar-refractivity contribution is 0.217. The van der Waals surface area contributed by atoms with Gasteiger partial charge in [-0.25, -0.2) is 0 Å². The van der Waals surface area contributed by atoms with Crippen LogP contribution in [0.4, 0.5) is 0 Å². The van der Waals surface area contributed by atoms with Gasteiger partial charge in [0.05, 0.1) is 0 Å². The van der Waals surface area contributed by atoms with E-state index in [1.54, 1.807) is 0 Å². The van der Waals surface area contributed by atoms with Gasteiger partial charge in [-0.1, -0.05) is 147 Å². The molecule has 0 aliphatic carbocycles. The number of hydrogen-bond donors (Lipinski definition) is 0. The van der Waals surface area contributed by atoms with Crippen molar-refractivity contribution in [2.24, 2.45) is 0 Å². The summed E-state index contributed by atoms with van der Waals surface area (Å²) in [6.07, 6.45) is 50.4. The summed E-state index contributed by atoms with van der Waals surface area (Å²) in [5, 5.41) is 0. The molecule has 1 rings (SSSR count). The van der Waals surface area contributed by atoms with Gasteiger partial charge in [0.1, 0.15) is 0 Å². The van der Waals surface area contributed by atoms with Crippen molar-refractivity contribution in [3.63, 3.8) is 0 Å². The highest BCUT2D eigenvalue weighted by molar-refractivity contribution is 4.82. The van der Waals surface area contributed by atoms with Crippen molar-refractivity contribution in [1.29, 1.82) is 0 Å². The third-order valence-corrected chi connectivity index (χ3v) is 9.65. The van der Waals surface area contributed by atoms with Crippen LogP contribution in [0, 0.1) is 0 Å². The molecule has 0 amide bonds. The predicted molar refractivity (Wildman–Crippen MR) is 196 cm³/mol. The minimum absolute atomic E-state index is 1.30. The third-order valence-electron chi connectivity index (χ3n) is 9.65. The first kappa shape index (κ1) is 40.4. The van der Waals surface area contributed by atoms with E-state index in [1.807, 2.05) is 0 Å². The average molecular weight is 601 g/mol. The van der Waals surface area contributed by atoms with E-state index < -0.39 is 0 Å². The molecule has 0 spiro atoms. The minimum Gasteiger partial charge on any atom is -0.302 e. The minimum atomic E-state index is 1.30. The molecule has 254 valence electrons. The van der Waals surface area contributed by atoms with Gasteiger partial charge in [0.25, 0.3) is 0 Å². The second-order valence-electron chi connectivity index (χ2n) is 13.9. The van der Waals surface area contributed by atoms with E-state index in [1.165, 1.54) is 225 Å². The Labute approximate surface area is 272 Å². The Balaban J connectivity index is 2.00. The zero-order valence-electron chi connectivity index (χ0n) is 30.0. The summed E-state index contributed by atoms with van der Waals surface area (Å²) in [4.78, 5) is 5.52. The van der Waals surface area contributed by atoms with Crippen LogP contribution in [0.1, 0.15) is 200 Å². The van der Waals surface area contributed by atoms with Gasteiger partial charge in [-0.3, -0.25) is 0 Å². The molecule has 1 heterocycles. The number of nitrogens with zero attached hydrogens (tertiary/aromatic N) is 2. The maximum absolute atomic E-state index is 2.82. The summed E-state index contributed by atoms with van der Waals surface area (Å²) in [7, 11) is 0. The summed E-state index contributed by atoms with van der Waals surface area (Å²) < 4.78 is 0.